The molecule has 1 aromatic carbocycles. The summed E-state index contributed by atoms with van der Waals surface area (Å²) >= 11 is 0. The molecule has 1 fully saturated rings. The number of nitrogens with one attached hydrogen (secondary N) is 1. The number of carbonyl (C=O) groups is 1. The number of benzene rings is 1. The van der Waals surface area contributed by atoms with Crippen LogP contribution in [0.15, 0.2) is 18.2 Å². The van der Waals surface area contributed by atoms with Gasteiger partial charge in [-0.15, -0.1) is 0 Å². The lowest BCUT2D eigenvalue weighted by Gasteiger charge is -2.29. The Morgan fingerprint density at radius 3 is 2.21 bits per heavy atom. The summed E-state index contributed by atoms with van der Waals surface area (Å²) in [4.78, 5) is 12.0. The second-order valence-electron chi connectivity index (χ2n) is 7.19. The zero-order valence-electron chi connectivity index (χ0n) is 15.7. The van der Waals surface area contributed by atoms with Crippen LogP contribution < -0.4 is 10.1 Å². The molecule has 1 aliphatic carbocycles. The summed E-state index contributed by atoms with van der Waals surface area (Å²) in [5, 5.41) is 2.79. The Morgan fingerprint density at radius 1 is 1.00 bits per heavy atom. The van der Waals surface area contributed by atoms with Crippen molar-refractivity contribution in [2.75, 3.05) is 13.2 Å². The minimum Gasteiger partial charge on any atom is -0.488 e. The van der Waals surface area contributed by atoms with Crippen LogP contribution in [0.2, 0.25) is 0 Å². The van der Waals surface area contributed by atoms with Gasteiger partial charge in [-0.25, -0.2) is 8.78 Å². The number of amides is 1. The van der Waals surface area contributed by atoms with Crippen molar-refractivity contribution in [3.63, 3.8) is 0 Å². The van der Waals surface area contributed by atoms with Gasteiger partial charge in [-0.2, -0.15) is 13.2 Å². The van der Waals surface area contributed by atoms with Crippen molar-refractivity contribution in [3.05, 3.63) is 29.8 Å². The van der Waals surface area contributed by atoms with Crippen molar-refractivity contribution in [1.29, 1.82) is 0 Å². The summed E-state index contributed by atoms with van der Waals surface area (Å²) < 4.78 is 69.8. The van der Waals surface area contributed by atoms with Gasteiger partial charge in [0.2, 0.25) is 5.91 Å². The zero-order chi connectivity index (χ0) is 20.6. The van der Waals surface area contributed by atoms with Crippen molar-refractivity contribution in [1.82, 2.24) is 5.32 Å². The van der Waals surface area contributed by atoms with Crippen molar-refractivity contribution < 1.29 is 31.5 Å². The van der Waals surface area contributed by atoms with Crippen LogP contribution in [0.3, 0.4) is 0 Å². The first-order valence-electron chi connectivity index (χ1n) is 9.70. The van der Waals surface area contributed by atoms with Gasteiger partial charge in [0.15, 0.2) is 17.4 Å². The van der Waals surface area contributed by atoms with Crippen LogP contribution in [0.25, 0.3) is 0 Å². The predicted octanol–water partition coefficient (Wildman–Crippen LogP) is 5.39. The molecule has 0 saturated heterocycles. The van der Waals surface area contributed by atoms with Gasteiger partial charge in [-0.3, -0.25) is 4.79 Å². The number of hydrogen-bond donors (Lipinski definition) is 1. The third kappa shape index (κ3) is 6.95. The van der Waals surface area contributed by atoms with Gasteiger partial charge in [-0.05, 0) is 50.7 Å². The molecule has 0 bridgehead atoms. The van der Waals surface area contributed by atoms with Crippen LogP contribution in [-0.2, 0) is 4.79 Å². The highest BCUT2D eigenvalue weighted by Crippen LogP contribution is 2.39. The quantitative estimate of drug-likeness (QED) is 0.440. The number of halogens is 5. The summed E-state index contributed by atoms with van der Waals surface area (Å²) in [5.41, 5.74) is 0. The SMILES string of the molecule is O=C(NCCCCCCOc1c(F)cccc1F)C1CCC(C(F)(F)F)CC1. The highest BCUT2D eigenvalue weighted by atomic mass is 19.4. The van der Waals surface area contributed by atoms with E-state index >= 15 is 0 Å². The molecule has 1 N–H and O–H groups in total. The molecule has 3 nitrogen and oxygen atoms in total. The zero-order valence-corrected chi connectivity index (χ0v) is 15.7. The fraction of sp³-hybridized carbons (Fsp3) is 0.650. The molecule has 0 radical (unpaired) electrons. The molecule has 1 aliphatic rings. The molecule has 0 unspecified atom stereocenters. The molecule has 8 heteroatoms. The third-order valence-corrected chi connectivity index (χ3v) is 5.10. The van der Waals surface area contributed by atoms with Crippen LogP contribution >= 0.6 is 0 Å². The van der Waals surface area contributed by atoms with E-state index < -0.39 is 23.7 Å². The predicted molar refractivity (Wildman–Crippen MR) is 94.8 cm³/mol. The Labute approximate surface area is 161 Å². The number of carbonyl (C=O) groups excluding carboxylic acids is 1. The fourth-order valence-electron chi connectivity index (χ4n) is 3.41. The summed E-state index contributed by atoms with van der Waals surface area (Å²) in [6.07, 6.45) is -0.620. The Hall–Kier alpha value is -1.86. The minimum atomic E-state index is -4.16. The molecule has 0 heterocycles. The Bertz CT molecular complexity index is 607. The number of rotatable bonds is 9. The van der Waals surface area contributed by atoms with Gasteiger partial charge in [0.1, 0.15) is 0 Å². The second kappa shape index (κ2) is 10.6. The van der Waals surface area contributed by atoms with Gasteiger partial charge in [-0.1, -0.05) is 18.9 Å². The van der Waals surface area contributed by atoms with Gasteiger partial charge in [0, 0.05) is 12.5 Å². The number of alkyl halides is 3. The Morgan fingerprint density at radius 2 is 1.61 bits per heavy atom. The molecule has 0 aromatic heterocycles. The molecule has 0 atom stereocenters. The molecule has 0 spiro atoms. The van der Waals surface area contributed by atoms with Gasteiger partial charge >= 0.3 is 6.18 Å². The Balaban J connectivity index is 1.51. The van der Waals surface area contributed by atoms with Gasteiger partial charge in [0.05, 0.1) is 12.5 Å². The standard InChI is InChI=1S/C20H26F5NO2/c21-16-6-5-7-17(22)18(16)28-13-4-2-1-3-12-26-19(27)14-8-10-15(11-9-14)20(23,24)25/h5-7,14-15H,1-4,8-13H2,(H,26,27). The first kappa shape index (κ1) is 22.4. The van der Waals surface area contributed by atoms with Crippen LogP contribution in [0.4, 0.5) is 22.0 Å². The van der Waals surface area contributed by atoms with E-state index in [-0.39, 0.29) is 49.9 Å². The highest BCUT2D eigenvalue weighted by molar-refractivity contribution is 5.78. The largest absolute Gasteiger partial charge is 0.488 e. The maximum atomic E-state index is 13.4. The van der Waals surface area contributed by atoms with Gasteiger partial charge < -0.3 is 10.1 Å². The number of hydrogen-bond acceptors (Lipinski definition) is 2. The van der Waals surface area contributed by atoms with E-state index in [2.05, 4.69) is 5.32 Å². The lowest BCUT2D eigenvalue weighted by atomic mass is 9.81. The van der Waals surface area contributed by atoms with Crippen LogP contribution in [0, 0.1) is 23.5 Å². The average molecular weight is 407 g/mol. The smallest absolute Gasteiger partial charge is 0.391 e. The Kier molecular flexibility index (Phi) is 8.51. The van der Waals surface area contributed by atoms with Crippen molar-refractivity contribution in [3.8, 4) is 5.75 Å². The molecule has 28 heavy (non-hydrogen) atoms. The fourth-order valence-corrected chi connectivity index (χ4v) is 3.41. The van der Waals surface area contributed by atoms with E-state index in [0.29, 0.717) is 13.0 Å². The van der Waals surface area contributed by atoms with Crippen molar-refractivity contribution in [2.45, 2.75) is 57.5 Å². The van der Waals surface area contributed by atoms with Crippen LogP contribution in [0.5, 0.6) is 5.75 Å². The maximum absolute atomic E-state index is 13.4. The van der Waals surface area contributed by atoms with Gasteiger partial charge in [0.25, 0.3) is 0 Å². The topological polar surface area (TPSA) is 38.3 Å². The van der Waals surface area contributed by atoms with Crippen LogP contribution in [-0.4, -0.2) is 25.2 Å². The lowest BCUT2D eigenvalue weighted by Crippen LogP contribution is -2.36. The average Bonchev–Trinajstić information content (AvgIpc) is 2.65. The first-order valence-corrected chi connectivity index (χ1v) is 9.70. The molecule has 1 saturated carbocycles. The number of unbranched alkanes of at least 4 members (excludes halogenated alkanes) is 3. The molecule has 1 aromatic rings. The van der Waals surface area contributed by atoms with Crippen LogP contribution in [0.1, 0.15) is 51.4 Å². The molecule has 0 aliphatic heterocycles. The molecule has 158 valence electrons. The van der Waals surface area contributed by atoms with E-state index in [1.54, 1.807) is 0 Å². The normalized spacial score (nSPS) is 20.0. The maximum Gasteiger partial charge on any atom is 0.391 e. The number of para-hydroxylation sites is 1. The van der Waals surface area contributed by atoms with E-state index in [9.17, 15) is 26.7 Å². The molecular weight excluding hydrogens is 381 g/mol. The summed E-state index contributed by atoms with van der Waals surface area (Å²) in [6.45, 7) is 0.674. The lowest BCUT2D eigenvalue weighted by molar-refractivity contribution is -0.184. The van der Waals surface area contributed by atoms with E-state index in [4.69, 9.17) is 4.74 Å². The van der Waals surface area contributed by atoms with Crippen molar-refractivity contribution in [2.24, 2.45) is 11.8 Å². The number of ether oxygens (including phenoxy) is 1. The summed E-state index contributed by atoms with van der Waals surface area (Å²) in [6, 6.07) is 3.54. The second-order valence-corrected chi connectivity index (χ2v) is 7.19. The monoisotopic (exact) mass is 407 g/mol. The van der Waals surface area contributed by atoms with E-state index in [0.717, 1.165) is 31.4 Å². The summed E-state index contributed by atoms with van der Waals surface area (Å²) in [5.74, 6) is -3.60. The van der Waals surface area contributed by atoms with Crippen molar-refractivity contribution >= 4 is 5.91 Å². The molecule has 2 rings (SSSR count). The van der Waals surface area contributed by atoms with E-state index in [1.807, 2.05) is 0 Å². The third-order valence-electron chi connectivity index (χ3n) is 5.10. The summed E-state index contributed by atoms with van der Waals surface area (Å²) in [7, 11) is 0. The molecular formula is C20H26F5NO2. The minimum absolute atomic E-state index is 0.0180. The van der Waals surface area contributed by atoms with E-state index in [1.165, 1.54) is 6.07 Å². The first-order chi connectivity index (χ1) is 13.3. The molecule has 1 amide bonds. The highest BCUT2D eigenvalue weighted by Gasteiger charge is 2.42.